The van der Waals surface area contributed by atoms with Gasteiger partial charge in [0.1, 0.15) is 11.5 Å². The third-order valence-electron chi connectivity index (χ3n) is 2.78. The van der Waals surface area contributed by atoms with E-state index in [0.717, 1.165) is 22.8 Å². The average molecular weight is 244 g/mol. The van der Waals surface area contributed by atoms with E-state index in [1.165, 1.54) is 0 Å². The first kappa shape index (κ1) is 12.4. The first-order chi connectivity index (χ1) is 8.76. The summed E-state index contributed by atoms with van der Waals surface area (Å²) in [6, 6.07) is 10.9. The fourth-order valence-corrected chi connectivity index (χ4v) is 1.80. The van der Waals surface area contributed by atoms with Gasteiger partial charge in [0.25, 0.3) is 0 Å². The van der Waals surface area contributed by atoms with Crippen LogP contribution >= 0.6 is 0 Å². The highest BCUT2D eigenvalue weighted by Gasteiger charge is 2.15. The molecule has 0 aliphatic rings. The molecule has 1 unspecified atom stereocenters. The van der Waals surface area contributed by atoms with Gasteiger partial charge in [-0.05, 0) is 30.3 Å². The van der Waals surface area contributed by atoms with Crippen LogP contribution in [0.15, 0.2) is 42.6 Å². The number of benzene rings is 1. The molecule has 0 spiro atoms. The summed E-state index contributed by atoms with van der Waals surface area (Å²) >= 11 is 0. The maximum absolute atomic E-state index is 6.22. The summed E-state index contributed by atoms with van der Waals surface area (Å²) in [5.41, 5.74) is 7.87. The molecule has 0 aliphatic heterocycles. The summed E-state index contributed by atoms with van der Waals surface area (Å²) in [6.45, 7) is 0. The molecule has 2 N–H and O–H groups in total. The predicted molar refractivity (Wildman–Crippen MR) is 69.8 cm³/mol. The van der Waals surface area contributed by atoms with E-state index in [1.54, 1.807) is 20.4 Å². The first-order valence-corrected chi connectivity index (χ1v) is 5.64. The van der Waals surface area contributed by atoms with Gasteiger partial charge in [-0.25, -0.2) is 0 Å². The van der Waals surface area contributed by atoms with E-state index in [0.29, 0.717) is 0 Å². The van der Waals surface area contributed by atoms with Crippen molar-refractivity contribution < 1.29 is 9.47 Å². The van der Waals surface area contributed by atoms with Gasteiger partial charge in [-0.1, -0.05) is 6.07 Å². The molecule has 0 aliphatic carbocycles. The number of ether oxygens (including phenoxy) is 2. The zero-order valence-electron chi connectivity index (χ0n) is 10.5. The normalized spacial score (nSPS) is 11.9. The lowest BCUT2D eigenvalue weighted by atomic mass is 10.0. The highest BCUT2D eigenvalue weighted by Crippen LogP contribution is 2.30. The fourth-order valence-electron chi connectivity index (χ4n) is 1.80. The van der Waals surface area contributed by atoms with Crippen molar-refractivity contribution in [3.63, 3.8) is 0 Å². The molecule has 0 saturated carbocycles. The Morgan fingerprint density at radius 2 is 1.94 bits per heavy atom. The Morgan fingerprint density at radius 1 is 1.11 bits per heavy atom. The quantitative estimate of drug-likeness (QED) is 0.895. The number of pyridine rings is 1. The van der Waals surface area contributed by atoms with Gasteiger partial charge in [-0.2, -0.15) is 0 Å². The lowest BCUT2D eigenvalue weighted by Gasteiger charge is -2.16. The molecular weight excluding hydrogens is 228 g/mol. The molecule has 1 aromatic heterocycles. The molecule has 0 fully saturated rings. The smallest absolute Gasteiger partial charge is 0.124 e. The molecule has 0 saturated heterocycles. The largest absolute Gasteiger partial charge is 0.497 e. The second kappa shape index (κ2) is 5.51. The number of nitrogens with two attached hydrogens (primary N) is 1. The minimum atomic E-state index is -0.337. The third-order valence-corrected chi connectivity index (χ3v) is 2.78. The summed E-state index contributed by atoms with van der Waals surface area (Å²) in [4.78, 5) is 4.26. The van der Waals surface area contributed by atoms with Gasteiger partial charge in [0.05, 0.1) is 26.0 Å². The first-order valence-electron chi connectivity index (χ1n) is 5.64. The second-order valence-corrected chi connectivity index (χ2v) is 3.84. The Balaban J connectivity index is 2.42. The van der Waals surface area contributed by atoms with Crippen LogP contribution in [0.25, 0.3) is 0 Å². The maximum Gasteiger partial charge on any atom is 0.124 e. The Morgan fingerprint density at radius 3 is 2.56 bits per heavy atom. The topological polar surface area (TPSA) is 57.4 Å². The molecule has 1 aromatic carbocycles. The van der Waals surface area contributed by atoms with Crippen LogP contribution in [0.3, 0.4) is 0 Å². The number of hydrogen-bond acceptors (Lipinski definition) is 4. The minimum absolute atomic E-state index is 0.337. The fraction of sp³-hybridized carbons (Fsp3) is 0.214. The van der Waals surface area contributed by atoms with E-state index in [4.69, 9.17) is 15.2 Å². The number of hydrogen-bond donors (Lipinski definition) is 1. The Labute approximate surface area is 106 Å². The Bertz CT molecular complexity index is 514. The van der Waals surface area contributed by atoms with Gasteiger partial charge in [0, 0.05) is 11.8 Å². The van der Waals surface area contributed by atoms with E-state index < -0.39 is 0 Å². The highest BCUT2D eigenvalue weighted by molar-refractivity contribution is 5.44. The van der Waals surface area contributed by atoms with E-state index in [1.807, 2.05) is 36.4 Å². The second-order valence-electron chi connectivity index (χ2n) is 3.84. The van der Waals surface area contributed by atoms with Crippen molar-refractivity contribution in [2.45, 2.75) is 6.04 Å². The van der Waals surface area contributed by atoms with Crippen LogP contribution in [-0.4, -0.2) is 19.2 Å². The monoisotopic (exact) mass is 244 g/mol. The minimum Gasteiger partial charge on any atom is -0.497 e. The summed E-state index contributed by atoms with van der Waals surface area (Å²) in [7, 11) is 3.24. The van der Waals surface area contributed by atoms with Crippen LogP contribution in [0.1, 0.15) is 17.3 Å². The lowest BCUT2D eigenvalue weighted by molar-refractivity contribution is 0.397. The van der Waals surface area contributed by atoms with Crippen molar-refractivity contribution >= 4 is 0 Å². The van der Waals surface area contributed by atoms with Crippen LogP contribution in [-0.2, 0) is 0 Å². The van der Waals surface area contributed by atoms with Gasteiger partial charge in [-0.3, -0.25) is 4.98 Å². The number of aromatic nitrogens is 1. The molecule has 94 valence electrons. The molecule has 4 heteroatoms. The van der Waals surface area contributed by atoms with Crippen LogP contribution in [0.4, 0.5) is 0 Å². The molecule has 1 heterocycles. The van der Waals surface area contributed by atoms with Gasteiger partial charge in [0.2, 0.25) is 0 Å². The van der Waals surface area contributed by atoms with Crippen LogP contribution in [0.5, 0.6) is 11.5 Å². The SMILES string of the molecule is COc1ccc(OC)c(C(N)c2ccccn2)c1. The van der Waals surface area contributed by atoms with Crippen LogP contribution in [0.2, 0.25) is 0 Å². The summed E-state index contributed by atoms with van der Waals surface area (Å²) < 4.78 is 10.5. The molecule has 1 atom stereocenters. The third kappa shape index (κ3) is 2.43. The van der Waals surface area contributed by atoms with E-state index in [9.17, 15) is 0 Å². The summed E-state index contributed by atoms with van der Waals surface area (Å²) in [5, 5.41) is 0. The molecule has 2 aromatic rings. The summed E-state index contributed by atoms with van der Waals surface area (Å²) in [6.07, 6.45) is 1.72. The maximum atomic E-state index is 6.22. The van der Waals surface area contributed by atoms with E-state index in [-0.39, 0.29) is 6.04 Å². The molecular formula is C14H16N2O2. The standard InChI is InChI=1S/C14H16N2O2/c1-17-10-6-7-13(18-2)11(9-10)14(15)12-5-3-4-8-16-12/h3-9,14H,15H2,1-2H3. The van der Waals surface area contributed by atoms with Gasteiger partial charge in [0.15, 0.2) is 0 Å². The van der Waals surface area contributed by atoms with Crippen LogP contribution in [0, 0.1) is 0 Å². The van der Waals surface area contributed by atoms with Gasteiger partial charge >= 0.3 is 0 Å². The van der Waals surface area contributed by atoms with Crippen LogP contribution < -0.4 is 15.2 Å². The average Bonchev–Trinajstić information content (AvgIpc) is 2.46. The van der Waals surface area contributed by atoms with Crippen molar-refractivity contribution in [2.24, 2.45) is 5.73 Å². The zero-order valence-corrected chi connectivity index (χ0v) is 10.5. The molecule has 2 rings (SSSR count). The molecule has 0 amide bonds. The van der Waals surface area contributed by atoms with Gasteiger partial charge in [-0.15, -0.1) is 0 Å². The lowest BCUT2D eigenvalue weighted by Crippen LogP contribution is -2.14. The molecule has 0 bridgehead atoms. The van der Waals surface area contributed by atoms with Crippen molar-refractivity contribution in [3.05, 3.63) is 53.9 Å². The summed E-state index contributed by atoms with van der Waals surface area (Å²) in [5.74, 6) is 1.48. The molecule has 4 nitrogen and oxygen atoms in total. The highest BCUT2D eigenvalue weighted by atomic mass is 16.5. The Kier molecular flexibility index (Phi) is 3.79. The number of methoxy groups -OCH3 is 2. The number of nitrogens with zero attached hydrogens (tertiary/aromatic N) is 1. The molecule has 0 radical (unpaired) electrons. The van der Waals surface area contributed by atoms with E-state index in [2.05, 4.69) is 4.98 Å². The Hall–Kier alpha value is -2.07. The van der Waals surface area contributed by atoms with Crippen molar-refractivity contribution in [3.8, 4) is 11.5 Å². The van der Waals surface area contributed by atoms with Gasteiger partial charge < -0.3 is 15.2 Å². The zero-order chi connectivity index (χ0) is 13.0. The van der Waals surface area contributed by atoms with Crippen molar-refractivity contribution in [1.29, 1.82) is 0 Å². The van der Waals surface area contributed by atoms with Crippen molar-refractivity contribution in [2.75, 3.05) is 14.2 Å². The van der Waals surface area contributed by atoms with E-state index >= 15 is 0 Å². The molecule has 18 heavy (non-hydrogen) atoms. The number of rotatable bonds is 4. The predicted octanol–water partition coefficient (Wildman–Crippen LogP) is 2.15. The van der Waals surface area contributed by atoms with Crippen molar-refractivity contribution in [1.82, 2.24) is 4.98 Å².